The van der Waals surface area contributed by atoms with Gasteiger partial charge in [0, 0.05) is 24.5 Å². The lowest BCUT2D eigenvalue weighted by Crippen LogP contribution is -2.24. The van der Waals surface area contributed by atoms with Crippen LogP contribution in [0.3, 0.4) is 0 Å². The number of halogens is 2. The second kappa shape index (κ2) is 12.7. The lowest BCUT2D eigenvalue weighted by atomic mass is 10.1. The predicted molar refractivity (Wildman–Crippen MR) is 158 cm³/mol. The van der Waals surface area contributed by atoms with Gasteiger partial charge in [-0.2, -0.15) is 9.97 Å². The van der Waals surface area contributed by atoms with Crippen molar-refractivity contribution in [1.82, 2.24) is 19.9 Å². The molecule has 0 saturated heterocycles. The largest absolute Gasteiger partial charge is 0.495 e. The van der Waals surface area contributed by atoms with Crippen molar-refractivity contribution in [2.45, 2.75) is 12.8 Å². The lowest BCUT2D eigenvalue weighted by Gasteiger charge is -2.11. The normalized spacial score (nSPS) is 11.2. The van der Waals surface area contributed by atoms with E-state index in [1.165, 1.54) is 7.11 Å². The molecule has 0 spiro atoms. The Bertz CT molecular complexity index is 2120. The molecule has 2 aromatic carbocycles. The van der Waals surface area contributed by atoms with Gasteiger partial charge in [0.25, 0.3) is 11.1 Å². The highest BCUT2D eigenvalue weighted by Crippen LogP contribution is 2.36. The second-order valence-corrected chi connectivity index (χ2v) is 9.77. The molecular formula is C28H22Cl2N4O9. The Balaban J connectivity index is 0.000000176. The molecule has 0 fully saturated rings. The average Bonchev–Trinajstić information content (AvgIpc) is 2.98. The number of nitrogens with one attached hydrogen (secondary N) is 2. The summed E-state index contributed by atoms with van der Waals surface area (Å²) in [5.41, 5.74) is -1.63. The summed E-state index contributed by atoms with van der Waals surface area (Å²) in [4.78, 5) is 57.4. The standard InChI is InChI=1S/C16H15ClN2O5.C12H7ClN2O4/c1-22-6-2-3-7-23-11-5-4-9-8-10-14(20)18-16(21)19-15(10)24-13(9)12(11)17;1-18-7-3-2-5-4-6-10(16)14-12(17)15-11(6)19-9(5)8(7)13/h4-5,8H,2-3,6-7H2,1H3,(H,18,20,21);2-4H,1H3,(H,14,16,17). The molecule has 0 bridgehead atoms. The summed E-state index contributed by atoms with van der Waals surface area (Å²) in [5.74, 6) is 0.785. The van der Waals surface area contributed by atoms with E-state index in [1.54, 1.807) is 43.5 Å². The van der Waals surface area contributed by atoms with Crippen LogP contribution >= 0.6 is 23.2 Å². The Morgan fingerprint density at radius 3 is 1.72 bits per heavy atom. The molecule has 0 atom stereocenters. The Kier molecular flexibility index (Phi) is 8.76. The van der Waals surface area contributed by atoms with Gasteiger partial charge < -0.3 is 23.0 Å². The number of rotatable bonds is 7. The van der Waals surface area contributed by atoms with Crippen molar-refractivity contribution in [2.24, 2.45) is 0 Å². The summed E-state index contributed by atoms with van der Waals surface area (Å²) in [7, 11) is 3.13. The number of unbranched alkanes of at least 4 members (excludes halogenated alkanes) is 1. The molecule has 222 valence electrons. The fourth-order valence-corrected chi connectivity index (χ4v) is 4.69. The van der Waals surface area contributed by atoms with Crippen LogP contribution in [0.2, 0.25) is 10.0 Å². The molecule has 13 nitrogen and oxygen atoms in total. The highest BCUT2D eigenvalue weighted by molar-refractivity contribution is 6.36. The van der Waals surface area contributed by atoms with Crippen molar-refractivity contribution in [3.05, 3.63) is 88.1 Å². The number of nitrogens with zero attached hydrogens (tertiary/aromatic N) is 2. The number of ether oxygens (including phenoxy) is 3. The lowest BCUT2D eigenvalue weighted by molar-refractivity contribution is 0.184. The summed E-state index contributed by atoms with van der Waals surface area (Å²) in [5, 5.41) is 1.77. The molecule has 6 rings (SSSR count). The maximum atomic E-state index is 11.8. The van der Waals surface area contributed by atoms with Crippen molar-refractivity contribution >= 4 is 45.1 Å². The SMILES string of the molecule is COCCCCOc1ccc2cc3c(=O)[nH]c(=O)nc-3oc2c1Cl.COc1ccc2cc3c(=O)[nH]c(=O)nc-3oc2c1Cl. The van der Waals surface area contributed by atoms with Crippen LogP contribution in [0, 0.1) is 0 Å². The highest BCUT2D eigenvalue weighted by atomic mass is 35.5. The second-order valence-electron chi connectivity index (χ2n) is 9.02. The molecule has 15 heteroatoms. The number of fused-ring (bicyclic) bond motifs is 4. The van der Waals surface area contributed by atoms with Crippen molar-refractivity contribution in [3.63, 3.8) is 0 Å². The van der Waals surface area contributed by atoms with Crippen molar-refractivity contribution < 1.29 is 23.0 Å². The quantitative estimate of drug-likeness (QED) is 0.192. The number of H-pyrrole nitrogens is 2. The van der Waals surface area contributed by atoms with E-state index in [1.807, 2.05) is 0 Å². The third-order valence-corrected chi connectivity index (χ3v) is 6.91. The van der Waals surface area contributed by atoms with Gasteiger partial charge in [-0.15, -0.1) is 0 Å². The van der Waals surface area contributed by atoms with Crippen LogP contribution in [0.15, 0.2) is 64.4 Å². The van der Waals surface area contributed by atoms with Crippen molar-refractivity contribution in [1.29, 1.82) is 0 Å². The molecule has 2 N–H and O–H groups in total. The first-order chi connectivity index (χ1) is 20.7. The molecule has 0 aromatic heterocycles. The Morgan fingerprint density at radius 1 is 0.721 bits per heavy atom. The number of hydrogen-bond acceptors (Lipinski definition) is 11. The molecule has 4 heterocycles. The zero-order chi connectivity index (χ0) is 30.7. The van der Waals surface area contributed by atoms with E-state index in [9.17, 15) is 19.2 Å². The van der Waals surface area contributed by atoms with Gasteiger partial charge >= 0.3 is 11.4 Å². The Morgan fingerprint density at radius 2 is 1.21 bits per heavy atom. The molecule has 0 radical (unpaired) electrons. The molecule has 43 heavy (non-hydrogen) atoms. The zero-order valence-corrected chi connectivity index (χ0v) is 24.1. The van der Waals surface area contributed by atoms with E-state index >= 15 is 0 Å². The van der Waals surface area contributed by atoms with Crippen molar-refractivity contribution in [2.75, 3.05) is 27.4 Å². The summed E-state index contributed by atoms with van der Waals surface area (Å²) >= 11 is 12.4. The summed E-state index contributed by atoms with van der Waals surface area (Å²) in [6, 6.07) is 9.95. The Labute approximate surface area is 250 Å². The molecule has 0 unspecified atom stereocenters. The minimum atomic E-state index is -0.766. The van der Waals surface area contributed by atoms with Gasteiger partial charge in [0.2, 0.25) is 11.8 Å². The molecule has 2 aromatic rings. The summed E-state index contributed by atoms with van der Waals surface area (Å²) < 4.78 is 26.7. The molecule has 0 amide bonds. The number of aromatic amines is 2. The first kappa shape index (κ1) is 29.8. The van der Waals surface area contributed by atoms with Crippen LogP contribution in [-0.4, -0.2) is 47.4 Å². The van der Waals surface area contributed by atoms with E-state index in [-0.39, 0.29) is 33.0 Å². The van der Waals surface area contributed by atoms with E-state index in [4.69, 9.17) is 46.2 Å². The number of hydrogen-bond donors (Lipinski definition) is 2. The average molecular weight is 629 g/mol. The van der Waals surface area contributed by atoms with Gasteiger partial charge in [0.05, 0.1) is 13.7 Å². The van der Waals surface area contributed by atoms with Gasteiger partial charge in [-0.05, 0) is 49.2 Å². The first-order valence-electron chi connectivity index (χ1n) is 12.7. The van der Waals surface area contributed by atoms with Crippen LogP contribution in [0.1, 0.15) is 12.8 Å². The van der Waals surface area contributed by atoms with Crippen LogP contribution in [-0.2, 0) is 4.74 Å². The predicted octanol–water partition coefficient (Wildman–Crippen LogP) is 4.08. The summed E-state index contributed by atoms with van der Waals surface area (Å²) in [6.45, 7) is 1.17. The van der Waals surface area contributed by atoms with Gasteiger partial charge in [-0.25, -0.2) is 9.59 Å². The van der Waals surface area contributed by atoms with Crippen LogP contribution in [0.5, 0.6) is 11.5 Å². The van der Waals surface area contributed by atoms with Crippen LogP contribution < -0.4 is 32.0 Å². The number of aromatic nitrogens is 4. The number of benzene rings is 2. The minimum Gasteiger partial charge on any atom is -0.495 e. The maximum absolute atomic E-state index is 11.8. The van der Waals surface area contributed by atoms with E-state index in [0.717, 1.165) is 12.8 Å². The van der Waals surface area contributed by atoms with Crippen LogP contribution in [0.4, 0.5) is 0 Å². The monoisotopic (exact) mass is 628 g/mol. The topological polar surface area (TPSA) is 180 Å². The fourth-order valence-electron chi connectivity index (χ4n) is 4.14. The Hall–Kier alpha value is -4.72. The highest BCUT2D eigenvalue weighted by Gasteiger charge is 2.18. The van der Waals surface area contributed by atoms with Gasteiger partial charge in [0.1, 0.15) is 32.7 Å². The maximum Gasteiger partial charge on any atom is 0.351 e. The van der Waals surface area contributed by atoms with E-state index in [2.05, 4.69) is 19.9 Å². The van der Waals surface area contributed by atoms with E-state index in [0.29, 0.717) is 46.7 Å². The van der Waals surface area contributed by atoms with Gasteiger partial charge in [-0.1, -0.05) is 23.2 Å². The molecular weight excluding hydrogens is 607 g/mol. The smallest absolute Gasteiger partial charge is 0.351 e. The van der Waals surface area contributed by atoms with Gasteiger partial charge in [-0.3, -0.25) is 19.6 Å². The minimum absolute atomic E-state index is 0.0589. The molecule has 0 saturated carbocycles. The van der Waals surface area contributed by atoms with E-state index < -0.39 is 22.5 Å². The van der Waals surface area contributed by atoms with Gasteiger partial charge in [0.15, 0.2) is 11.2 Å². The molecule has 0 aliphatic carbocycles. The van der Waals surface area contributed by atoms with Crippen molar-refractivity contribution in [3.8, 4) is 34.4 Å². The summed E-state index contributed by atoms with van der Waals surface area (Å²) in [6.07, 6.45) is 1.71. The molecule has 4 aliphatic heterocycles. The first-order valence-corrected chi connectivity index (χ1v) is 13.4. The third kappa shape index (κ3) is 6.23. The molecule has 4 aliphatic rings. The number of methoxy groups -OCH3 is 2. The fraction of sp³-hybridized carbons (Fsp3) is 0.214. The van der Waals surface area contributed by atoms with Crippen LogP contribution in [0.25, 0.3) is 44.8 Å². The zero-order valence-electron chi connectivity index (χ0n) is 22.6. The third-order valence-electron chi connectivity index (χ3n) is 6.20.